The zero-order chi connectivity index (χ0) is 15.8. The Labute approximate surface area is 164 Å². The van der Waals surface area contributed by atoms with Gasteiger partial charge >= 0.3 is 6.09 Å². The molecule has 117 valence electrons. The van der Waals surface area contributed by atoms with E-state index >= 15 is 0 Å². The second-order valence-electron chi connectivity index (χ2n) is 6.04. The number of carbonyl (C=O) groups excluding carboxylic acids is 1. The molecule has 1 aliphatic carbocycles. The van der Waals surface area contributed by atoms with Crippen molar-refractivity contribution in [3.8, 4) is 0 Å². The number of alkyl carbamates (subject to hydrolysis) is 1. The topological polar surface area (TPSA) is 102 Å². The van der Waals surface area contributed by atoms with Gasteiger partial charge in [-0.25, -0.2) is 4.79 Å². The third-order valence-electron chi connectivity index (χ3n) is 3.16. The molecule has 1 aliphatic rings. The van der Waals surface area contributed by atoms with Crippen molar-refractivity contribution in [3.05, 3.63) is 39.4 Å². The molecule has 2 atom stereocenters. The van der Waals surface area contributed by atoms with Crippen LogP contribution in [0, 0.1) is 54.2 Å². The smallest absolute Gasteiger partial charge is 0.408 e. The summed E-state index contributed by atoms with van der Waals surface area (Å²) in [6.07, 6.45) is -1.14. The molecule has 0 fully saturated rings. The van der Waals surface area contributed by atoms with E-state index in [1.807, 2.05) is 0 Å². The van der Waals surface area contributed by atoms with Crippen LogP contribution in [-0.4, -0.2) is 27.8 Å². The molecule has 2 rings (SSSR count). The Morgan fingerprint density at radius 1 is 1.45 bits per heavy atom. The minimum atomic E-state index is -0.825. The van der Waals surface area contributed by atoms with Crippen molar-refractivity contribution in [1.82, 2.24) is 5.32 Å². The van der Waals surface area contributed by atoms with E-state index in [0.29, 0.717) is 12.0 Å². The van der Waals surface area contributed by atoms with Gasteiger partial charge in [0.25, 0.3) is 5.69 Å². The summed E-state index contributed by atoms with van der Waals surface area (Å²) >= 11 is 0. The number of hydrogen-bond acceptors (Lipinski definition) is 5. The number of nitro groups is 1. The molecule has 0 saturated carbocycles. The van der Waals surface area contributed by atoms with Crippen molar-refractivity contribution in [3.63, 3.8) is 0 Å². The molecule has 1 aromatic carbocycles. The van der Waals surface area contributed by atoms with Gasteiger partial charge in [-0.2, -0.15) is 0 Å². The zero-order valence-corrected chi connectivity index (χ0v) is 17.4. The predicted molar refractivity (Wildman–Crippen MR) is 74.9 cm³/mol. The van der Waals surface area contributed by atoms with E-state index in [1.54, 1.807) is 26.8 Å². The van der Waals surface area contributed by atoms with E-state index in [4.69, 9.17) is 4.74 Å². The number of hydrogen-bond donors (Lipinski definition) is 2. The molecule has 1 aromatic rings. The summed E-state index contributed by atoms with van der Waals surface area (Å²) < 4.78 is 5.15. The van der Waals surface area contributed by atoms with Crippen molar-refractivity contribution in [1.29, 1.82) is 0 Å². The Bertz CT molecular complexity index is 585. The number of fused-ring (bicyclic) bond motifs is 1. The summed E-state index contributed by atoms with van der Waals surface area (Å²) in [5.41, 5.74) is 0.620. The molecule has 1 radical (unpaired) electrons. The molecule has 0 heterocycles. The van der Waals surface area contributed by atoms with Gasteiger partial charge in [0.15, 0.2) is 0 Å². The maximum absolute atomic E-state index is 11.8. The average molecular weight is 521 g/mol. The summed E-state index contributed by atoms with van der Waals surface area (Å²) in [7, 11) is 0. The Morgan fingerprint density at radius 3 is 2.64 bits per heavy atom. The number of aliphatic hydroxyl groups excluding tert-OH is 1. The predicted octanol–water partition coefficient (Wildman–Crippen LogP) is 2.08. The van der Waals surface area contributed by atoms with Crippen molar-refractivity contribution in [2.24, 2.45) is 0 Å². The molecule has 8 heteroatoms. The van der Waals surface area contributed by atoms with Crippen LogP contribution in [0.3, 0.4) is 0 Å². The number of aliphatic hydroxyl groups is 1. The summed E-state index contributed by atoms with van der Waals surface area (Å²) in [4.78, 5) is 22.1. The molecule has 1 amide bonds. The van der Waals surface area contributed by atoms with E-state index in [0.717, 1.165) is 5.56 Å². The number of rotatable bonds is 2. The third kappa shape index (κ3) is 4.64. The van der Waals surface area contributed by atoms with Crippen molar-refractivity contribution in [2.75, 3.05) is 0 Å². The average Bonchev–Trinajstić information content (AvgIpc) is 2.63. The molecule has 0 bridgehead atoms. The fourth-order valence-corrected chi connectivity index (χ4v) is 2.33. The number of nitro benzene ring substituents is 1. The Balaban J connectivity index is 0.00000242. The van der Waals surface area contributed by atoms with Gasteiger partial charge in [0.1, 0.15) is 5.60 Å². The minimum absolute atomic E-state index is 0. The summed E-state index contributed by atoms with van der Waals surface area (Å²) in [6.45, 7) is 5.20. The molecule has 22 heavy (non-hydrogen) atoms. The zero-order valence-electron chi connectivity index (χ0n) is 12.7. The van der Waals surface area contributed by atoms with Gasteiger partial charge < -0.3 is 15.2 Å². The van der Waals surface area contributed by atoms with Crippen molar-refractivity contribution < 1.29 is 63.6 Å². The van der Waals surface area contributed by atoms with E-state index in [1.165, 1.54) is 12.1 Å². The second-order valence-corrected chi connectivity index (χ2v) is 6.04. The molecule has 0 saturated heterocycles. The van der Waals surface area contributed by atoms with Gasteiger partial charge in [0.2, 0.25) is 0 Å². The van der Waals surface area contributed by atoms with Crippen LogP contribution >= 0.6 is 0 Å². The maximum atomic E-state index is 11.8. The first-order valence-corrected chi connectivity index (χ1v) is 6.62. The van der Waals surface area contributed by atoms with E-state index in [9.17, 15) is 20.0 Å². The fraction of sp³-hybridized carbons (Fsp3) is 0.500. The van der Waals surface area contributed by atoms with E-state index in [-0.39, 0.29) is 49.7 Å². The van der Waals surface area contributed by atoms with Gasteiger partial charge in [-0.1, -0.05) is 6.07 Å². The largest absolute Gasteiger partial charge is 0.444 e. The first-order valence-electron chi connectivity index (χ1n) is 6.62. The number of nitrogens with zero attached hydrogens (tertiary/aromatic N) is 1. The second kappa shape index (κ2) is 7.24. The monoisotopic (exact) mass is 521 g/mol. The van der Waals surface area contributed by atoms with Crippen LogP contribution in [-0.2, 0) is 11.2 Å². The Hall–Kier alpha value is -0.708. The molecule has 0 spiro atoms. The maximum Gasteiger partial charge on any atom is 0.408 e. The van der Waals surface area contributed by atoms with Gasteiger partial charge in [-0.15, -0.1) is 0 Å². The van der Waals surface area contributed by atoms with E-state index < -0.39 is 28.8 Å². The first-order chi connectivity index (χ1) is 9.67. The van der Waals surface area contributed by atoms with Crippen LogP contribution in [0.25, 0.3) is 0 Å². The number of non-ortho nitro benzene ring substituents is 1. The Kier molecular flexibility index (Phi) is 6.37. The van der Waals surface area contributed by atoms with E-state index in [2.05, 4.69) is 5.32 Å². The van der Waals surface area contributed by atoms with Gasteiger partial charge in [-0.3, -0.25) is 10.1 Å². The summed E-state index contributed by atoms with van der Waals surface area (Å²) in [6, 6.07) is 3.68. The number of ether oxygens (including phenoxy) is 1. The van der Waals surface area contributed by atoms with Crippen LogP contribution in [0.5, 0.6) is 0 Å². The normalized spacial score (nSPS) is 19.8. The Morgan fingerprint density at radius 2 is 2.09 bits per heavy atom. The molecule has 2 unspecified atom stereocenters. The summed E-state index contributed by atoms with van der Waals surface area (Å²) in [5.74, 6) is 0. The number of carbonyl (C=O) groups is 1. The SMILES string of the molecule is CC(C)(C)OC(=O)NC1c2cc([N+](=O)[O-])ccc2CC1O.[Ac]. The molecule has 2 N–H and O–H groups in total. The standard InChI is InChI=1S/C14H18N2O5.Ac/c1-14(2,3)21-13(18)15-12-10-7-9(16(19)20)5-4-8(10)6-11(12)17;/h4-5,7,11-12,17H,6H2,1-3H3,(H,15,18);. The third-order valence-corrected chi connectivity index (χ3v) is 3.16. The van der Waals surface area contributed by atoms with Crippen LogP contribution in [0.2, 0.25) is 0 Å². The van der Waals surface area contributed by atoms with Crippen LogP contribution in [0.1, 0.15) is 37.9 Å². The minimum Gasteiger partial charge on any atom is -0.444 e. The molecule has 7 nitrogen and oxygen atoms in total. The van der Waals surface area contributed by atoms with Crippen LogP contribution < -0.4 is 5.32 Å². The molecular formula is C14H18AcN2O5. The van der Waals surface area contributed by atoms with Gasteiger partial charge in [0.05, 0.1) is 17.1 Å². The van der Waals surface area contributed by atoms with Crippen molar-refractivity contribution >= 4 is 11.8 Å². The number of nitrogens with one attached hydrogen (secondary N) is 1. The number of benzene rings is 1. The first kappa shape index (κ1) is 19.3. The molecule has 0 aliphatic heterocycles. The van der Waals surface area contributed by atoms with Gasteiger partial charge in [0, 0.05) is 62.6 Å². The molecular weight excluding hydrogens is 503 g/mol. The summed E-state index contributed by atoms with van der Waals surface area (Å²) in [5, 5.41) is 23.5. The quantitative estimate of drug-likeness (QED) is 0.459. The van der Waals surface area contributed by atoms with Gasteiger partial charge in [-0.05, 0) is 31.9 Å². The van der Waals surface area contributed by atoms with Crippen LogP contribution in [0.15, 0.2) is 18.2 Å². The van der Waals surface area contributed by atoms with Crippen molar-refractivity contribution in [2.45, 2.75) is 44.9 Å². The number of amides is 1. The molecule has 0 aromatic heterocycles. The fourth-order valence-electron chi connectivity index (χ4n) is 2.33. The van der Waals surface area contributed by atoms with Crippen LogP contribution in [0.4, 0.5) is 10.5 Å².